The molecule has 0 spiro atoms. The molecule has 0 aliphatic rings. The largest absolute Gasteiger partial charge is 0.478 e. The van der Waals surface area contributed by atoms with Crippen molar-refractivity contribution in [2.75, 3.05) is 5.32 Å². The second-order valence-electron chi connectivity index (χ2n) is 4.24. The van der Waals surface area contributed by atoms with E-state index in [1.54, 1.807) is 25.1 Å². The maximum atomic E-state index is 11.8. The van der Waals surface area contributed by atoms with Gasteiger partial charge in [-0.15, -0.1) is 0 Å². The molecule has 2 rings (SSSR count). The number of hydrogen-bond donors (Lipinski definition) is 3. The normalized spacial score (nSPS) is 10.1. The highest BCUT2D eigenvalue weighted by atomic mass is 16.4. The maximum absolute atomic E-state index is 11.8. The molecule has 104 valence electrons. The second kappa shape index (κ2) is 5.92. The molecule has 0 bridgehead atoms. The molecule has 0 saturated carbocycles. The molecule has 6 nitrogen and oxygen atoms in total. The van der Waals surface area contributed by atoms with Crippen LogP contribution in [-0.4, -0.2) is 17.1 Å². The van der Waals surface area contributed by atoms with E-state index < -0.39 is 12.0 Å². The number of carboxylic acid groups (broad SMARTS) is 1. The summed E-state index contributed by atoms with van der Waals surface area (Å²) in [5.74, 6) is -1.08. The van der Waals surface area contributed by atoms with Crippen LogP contribution in [0.1, 0.15) is 21.5 Å². The van der Waals surface area contributed by atoms with Gasteiger partial charge in [0.1, 0.15) is 0 Å². The number of anilines is 1. The molecule has 0 atom stereocenters. The standard InChI is InChI=1S/C14H14N2O4/c1-9-3-2-4-11(13(17)18)12(9)16-14(19)15-7-10-5-6-20-8-10/h2-6,8H,7H2,1H3,(H,17,18)(H2,15,16,19). The first-order chi connectivity index (χ1) is 9.58. The van der Waals surface area contributed by atoms with E-state index in [9.17, 15) is 9.59 Å². The van der Waals surface area contributed by atoms with Gasteiger partial charge >= 0.3 is 12.0 Å². The third-order valence-corrected chi connectivity index (χ3v) is 2.77. The molecule has 0 saturated heterocycles. The monoisotopic (exact) mass is 274 g/mol. The number of hydrogen-bond acceptors (Lipinski definition) is 3. The Morgan fingerprint density at radius 3 is 2.75 bits per heavy atom. The average Bonchev–Trinajstić information content (AvgIpc) is 2.91. The molecule has 1 aromatic carbocycles. The van der Waals surface area contributed by atoms with Crippen LogP contribution in [0.3, 0.4) is 0 Å². The fourth-order valence-corrected chi connectivity index (χ4v) is 1.75. The van der Waals surface area contributed by atoms with Gasteiger partial charge in [0.05, 0.1) is 23.8 Å². The zero-order valence-electron chi connectivity index (χ0n) is 10.8. The summed E-state index contributed by atoms with van der Waals surface area (Å²) < 4.78 is 4.89. The van der Waals surface area contributed by atoms with E-state index in [0.717, 1.165) is 5.56 Å². The molecule has 1 aromatic heterocycles. The quantitative estimate of drug-likeness (QED) is 0.799. The fourth-order valence-electron chi connectivity index (χ4n) is 1.75. The predicted molar refractivity (Wildman–Crippen MR) is 72.7 cm³/mol. The smallest absolute Gasteiger partial charge is 0.337 e. The number of furan rings is 1. The van der Waals surface area contributed by atoms with Crippen LogP contribution in [0.25, 0.3) is 0 Å². The summed E-state index contributed by atoms with van der Waals surface area (Å²) in [5, 5.41) is 14.3. The van der Waals surface area contributed by atoms with Crippen molar-refractivity contribution in [1.29, 1.82) is 0 Å². The summed E-state index contributed by atoms with van der Waals surface area (Å²) in [5.41, 5.74) is 1.86. The van der Waals surface area contributed by atoms with Crippen LogP contribution in [0.15, 0.2) is 41.2 Å². The molecule has 0 fully saturated rings. The van der Waals surface area contributed by atoms with Crippen molar-refractivity contribution in [3.8, 4) is 0 Å². The Labute approximate surface area is 115 Å². The lowest BCUT2D eigenvalue weighted by Crippen LogP contribution is -2.29. The number of para-hydroxylation sites is 1. The first kappa shape index (κ1) is 13.7. The van der Waals surface area contributed by atoms with Gasteiger partial charge in [-0.3, -0.25) is 0 Å². The minimum atomic E-state index is -1.08. The van der Waals surface area contributed by atoms with Crippen LogP contribution in [0.2, 0.25) is 0 Å². The van der Waals surface area contributed by atoms with Gasteiger partial charge in [-0.05, 0) is 24.6 Å². The average molecular weight is 274 g/mol. The summed E-state index contributed by atoms with van der Waals surface area (Å²) in [4.78, 5) is 22.9. The van der Waals surface area contributed by atoms with Crippen molar-refractivity contribution in [2.45, 2.75) is 13.5 Å². The van der Waals surface area contributed by atoms with Crippen molar-refractivity contribution in [3.63, 3.8) is 0 Å². The van der Waals surface area contributed by atoms with Crippen LogP contribution in [0, 0.1) is 6.92 Å². The Balaban J connectivity index is 2.06. The van der Waals surface area contributed by atoms with Crippen molar-refractivity contribution in [3.05, 3.63) is 53.5 Å². The highest BCUT2D eigenvalue weighted by Gasteiger charge is 2.14. The third kappa shape index (κ3) is 3.17. The molecule has 0 radical (unpaired) electrons. The molecule has 6 heteroatoms. The number of aryl methyl sites for hydroxylation is 1. The van der Waals surface area contributed by atoms with Crippen LogP contribution >= 0.6 is 0 Å². The van der Waals surface area contributed by atoms with Crippen LogP contribution in [0.5, 0.6) is 0 Å². The van der Waals surface area contributed by atoms with Crippen LogP contribution in [0.4, 0.5) is 10.5 Å². The van der Waals surface area contributed by atoms with E-state index in [0.29, 0.717) is 17.8 Å². The predicted octanol–water partition coefficient (Wildman–Crippen LogP) is 2.61. The number of aromatic carboxylic acids is 1. The van der Waals surface area contributed by atoms with Gasteiger partial charge in [0.2, 0.25) is 0 Å². The van der Waals surface area contributed by atoms with E-state index in [4.69, 9.17) is 9.52 Å². The first-order valence-corrected chi connectivity index (χ1v) is 5.97. The Bertz CT molecular complexity index is 620. The summed E-state index contributed by atoms with van der Waals surface area (Å²) in [7, 11) is 0. The molecular formula is C14H14N2O4. The minimum absolute atomic E-state index is 0.0588. The number of rotatable bonds is 4. The van der Waals surface area contributed by atoms with Crippen LogP contribution in [-0.2, 0) is 6.54 Å². The lowest BCUT2D eigenvalue weighted by Gasteiger charge is -2.12. The number of carbonyl (C=O) groups excluding carboxylic acids is 1. The Kier molecular flexibility index (Phi) is 4.05. The van der Waals surface area contributed by atoms with Gasteiger partial charge in [-0.1, -0.05) is 12.1 Å². The van der Waals surface area contributed by atoms with Gasteiger partial charge in [-0.25, -0.2) is 9.59 Å². The first-order valence-electron chi connectivity index (χ1n) is 5.97. The highest BCUT2D eigenvalue weighted by Crippen LogP contribution is 2.20. The number of benzene rings is 1. The molecule has 20 heavy (non-hydrogen) atoms. The van der Waals surface area contributed by atoms with E-state index >= 15 is 0 Å². The molecule has 3 N–H and O–H groups in total. The lowest BCUT2D eigenvalue weighted by atomic mass is 10.1. The fraction of sp³-hybridized carbons (Fsp3) is 0.143. The van der Waals surface area contributed by atoms with Gasteiger partial charge in [0.25, 0.3) is 0 Å². The van der Waals surface area contributed by atoms with Crippen molar-refractivity contribution < 1.29 is 19.1 Å². The maximum Gasteiger partial charge on any atom is 0.337 e. The van der Waals surface area contributed by atoms with E-state index in [1.165, 1.54) is 18.6 Å². The number of carbonyl (C=O) groups is 2. The van der Waals surface area contributed by atoms with Gasteiger partial charge < -0.3 is 20.2 Å². The van der Waals surface area contributed by atoms with Crippen molar-refractivity contribution >= 4 is 17.7 Å². The van der Waals surface area contributed by atoms with Crippen LogP contribution < -0.4 is 10.6 Å². The number of amides is 2. The topological polar surface area (TPSA) is 91.6 Å². The summed E-state index contributed by atoms with van der Waals surface area (Å²) in [6, 6.07) is 6.08. The minimum Gasteiger partial charge on any atom is -0.478 e. The lowest BCUT2D eigenvalue weighted by molar-refractivity contribution is 0.0698. The highest BCUT2D eigenvalue weighted by molar-refractivity contribution is 6.00. The zero-order chi connectivity index (χ0) is 14.5. The molecule has 1 heterocycles. The molecule has 2 amide bonds. The van der Waals surface area contributed by atoms with Crippen molar-refractivity contribution in [1.82, 2.24) is 5.32 Å². The van der Waals surface area contributed by atoms with E-state index in [2.05, 4.69) is 10.6 Å². The van der Waals surface area contributed by atoms with E-state index in [-0.39, 0.29) is 5.56 Å². The number of urea groups is 1. The molecule has 2 aromatic rings. The van der Waals surface area contributed by atoms with Gasteiger partial charge in [0.15, 0.2) is 0 Å². The zero-order valence-corrected chi connectivity index (χ0v) is 10.8. The third-order valence-electron chi connectivity index (χ3n) is 2.77. The Morgan fingerprint density at radius 2 is 2.10 bits per heavy atom. The second-order valence-corrected chi connectivity index (χ2v) is 4.24. The molecule has 0 unspecified atom stereocenters. The molecule has 0 aliphatic carbocycles. The number of carboxylic acids is 1. The molecular weight excluding hydrogens is 260 g/mol. The number of nitrogens with one attached hydrogen (secondary N) is 2. The Hall–Kier alpha value is -2.76. The summed E-state index contributed by atoms with van der Waals surface area (Å²) in [6.45, 7) is 2.04. The summed E-state index contributed by atoms with van der Waals surface area (Å²) >= 11 is 0. The molecule has 0 aliphatic heterocycles. The van der Waals surface area contributed by atoms with E-state index in [1.807, 2.05) is 0 Å². The Morgan fingerprint density at radius 1 is 1.30 bits per heavy atom. The van der Waals surface area contributed by atoms with Gasteiger partial charge in [0, 0.05) is 12.1 Å². The summed E-state index contributed by atoms with van der Waals surface area (Å²) in [6.07, 6.45) is 3.04. The SMILES string of the molecule is Cc1cccc(C(=O)O)c1NC(=O)NCc1ccoc1. The van der Waals surface area contributed by atoms with Gasteiger partial charge in [-0.2, -0.15) is 0 Å². The van der Waals surface area contributed by atoms with Crippen molar-refractivity contribution in [2.24, 2.45) is 0 Å².